The number of hydrogen-bond donors (Lipinski definition) is 0. The van der Waals surface area contributed by atoms with Crippen LogP contribution in [0, 0.1) is 0 Å². The lowest BCUT2D eigenvalue weighted by molar-refractivity contribution is -0.167. The zero-order valence-corrected chi connectivity index (χ0v) is 50.6. The van der Waals surface area contributed by atoms with Crippen molar-refractivity contribution in [2.75, 3.05) is 13.2 Å². The molecule has 0 heterocycles. The number of hydrogen-bond acceptors (Lipinski definition) is 6. The van der Waals surface area contributed by atoms with Crippen molar-refractivity contribution in [3.05, 3.63) is 134 Å². The van der Waals surface area contributed by atoms with E-state index in [0.29, 0.717) is 19.3 Å². The molecule has 0 aromatic rings. The lowest BCUT2D eigenvalue weighted by atomic mass is 10.1. The minimum Gasteiger partial charge on any atom is -0.462 e. The molecule has 1 unspecified atom stereocenters. The van der Waals surface area contributed by atoms with Crippen LogP contribution in [0.4, 0.5) is 0 Å². The first-order chi connectivity index (χ1) is 38.5. The Balaban J connectivity index is 4.43. The molecular weight excluding hydrogens is 961 g/mol. The summed E-state index contributed by atoms with van der Waals surface area (Å²) in [6.45, 7) is 6.38. The fourth-order valence-electron chi connectivity index (χ4n) is 8.61. The van der Waals surface area contributed by atoms with Crippen LogP contribution in [0.25, 0.3) is 0 Å². The predicted octanol–water partition coefficient (Wildman–Crippen LogP) is 22.2. The molecule has 0 aliphatic carbocycles. The third-order valence-corrected chi connectivity index (χ3v) is 13.4. The van der Waals surface area contributed by atoms with E-state index in [-0.39, 0.29) is 31.1 Å². The predicted molar refractivity (Wildman–Crippen MR) is 339 cm³/mol. The topological polar surface area (TPSA) is 78.9 Å². The highest BCUT2D eigenvalue weighted by atomic mass is 16.6. The third kappa shape index (κ3) is 62.4. The fourth-order valence-corrected chi connectivity index (χ4v) is 8.61. The second-order valence-corrected chi connectivity index (χ2v) is 20.9. The molecule has 0 N–H and O–H groups in total. The smallest absolute Gasteiger partial charge is 0.306 e. The van der Waals surface area contributed by atoms with Gasteiger partial charge in [0.1, 0.15) is 13.2 Å². The summed E-state index contributed by atoms with van der Waals surface area (Å²) in [5.41, 5.74) is 0. The van der Waals surface area contributed by atoms with Gasteiger partial charge >= 0.3 is 17.9 Å². The van der Waals surface area contributed by atoms with E-state index in [4.69, 9.17) is 14.2 Å². The Bertz CT molecular complexity index is 1670. The van der Waals surface area contributed by atoms with Gasteiger partial charge in [-0.25, -0.2) is 0 Å². The van der Waals surface area contributed by atoms with Crippen LogP contribution in [-0.4, -0.2) is 37.2 Å². The lowest BCUT2D eigenvalue weighted by Crippen LogP contribution is -2.30. The maximum Gasteiger partial charge on any atom is 0.306 e. The van der Waals surface area contributed by atoms with Crippen LogP contribution in [0.1, 0.15) is 284 Å². The average Bonchev–Trinajstić information content (AvgIpc) is 3.44. The summed E-state index contributed by atoms with van der Waals surface area (Å²) in [6.07, 6.45) is 91.6. The van der Waals surface area contributed by atoms with Gasteiger partial charge in [0.25, 0.3) is 0 Å². The lowest BCUT2D eigenvalue weighted by Gasteiger charge is -2.18. The SMILES string of the molecule is CC/C=C\C/C=C\C/C=C\C/C=C\C/C=C\CCCCCCCCCCCC(=O)OCC(COC(=O)CCCCCC/C=C\C/C=C\C/C=C\C/C=C\CC)OC(=O)CCCCCCCCC/C=C\C/C=C\CCCCCC. The Kier molecular flexibility index (Phi) is 61.4. The molecular formula is C72H118O6. The minimum atomic E-state index is -0.802. The van der Waals surface area contributed by atoms with Gasteiger partial charge in [-0.2, -0.15) is 0 Å². The molecule has 0 aromatic heterocycles. The van der Waals surface area contributed by atoms with Gasteiger partial charge < -0.3 is 14.2 Å². The zero-order chi connectivity index (χ0) is 56.4. The number of carbonyl (C=O) groups excluding carboxylic acids is 3. The molecule has 6 heteroatoms. The normalized spacial score (nSPS) is 13.0. The highest BCUT2D eigenvalue weighted by Gasteiger charge is 2.19. The van der Waals surface area contributed by atoms with Gasteiger partial charge in [-0.1, -0.05) is 264 Å². The van der Waals surface area contributed by atoms with Crippen LogP contribution in [0.3, 0.4) is 0 Å². The van der Waals surface area contributed by atoms with E-state index >= 15 is 0 Å². The van der Waals surface area contributed by atoms with Crippen molar-refractivity contribution in [1.82, 2.24) is 0 Å². The molecule has 78 heavy (non-hydrogen) atoms. The molecule has 1 atom stereocenters. The van der Waals surface area contributed by atoms with Crippen LogP contribution in [-0.2, 0) is 28.6 Å². The van der Waals surface area contributed by atoms with Crippen molar-refractivity contribution in [2.24, 2.45) is 0 Å². The Labute approximate surface area is 481 Å². The third-order valence-electron chi connectivity index (χ3n) is 13.4. The molecule has 0 aliphatic heterocycles. The second-order valence-electron chi connectivity index (χ2n) is 20.9. The highest BCUT2D eigenvalue weighted by molar-refractivity contribution is 5.71. The van der Waals surface area contributed by atoms with Crippen molar-refractivity contribution in [1.29, 1.82) is 0 Å². The number of ether oxygens (including phenoxy) is 3. The Morgan fingerprint density at radius 2 is 0.500 bits per heavy atom. The summed E-state index contributed by atoms with van der Waals surface area (Å²) in [6, 6.07) is 0. The molecule has 0 saturated heterocycles. The molecule has 0 aliphatic rings. The van der Waals surface area contributed by atoms with Gasteiger partial charge in [0, 0.05) is 19.3 Å². The van der Waals surface area contributed by atoms with Crippen molar-refractivity contribution in [3.8, 4) is 0 Å². The standard InChI is InChI=1S/C72H118O6/c1-4-7-10-13-16-19-22-25-28-31-33-34-35-36-37-38-39-42-44-47-50-53-56-59-62-65-71(74)77-68-69(67-76-70(73)64-61-58-55-52-49-46-43-40-30-27-24-21-18-15-12-9-6-3)78-72(75)66-63-60-57-54-51-48-45-41-32-29-26-23-20-17-14-11-8-5-2/h7,9-10,12,16,18-21,23,25,27-30,32-34,36-37,43,46,69H,4-6,8,11,13-15,17,22,24,26,31,35,38-42,44-45,47-68H2,1-3H3/b10-7-,12-9-,19-16-,21-18-,23-20-,28-25-,30-27-,32-29-,34-33-,37-36-,46-43-. The number of esters is 3. The molecule has 6 nitrogen and oxygen atoms in total. The maximum absolute atomic E-state index is 12.9. The summed E-state index contributed by atoms with van der Waals surface area (Å²) in [5, 5.41) is 0. The van der Waals surface area contributed by atoms with Gasteiger partial charge in [-0.3, -0.25) is 14.4 Å². The molecule has 0 radical (unpaired) electrons. The van der Waals surface area contributed by atoms with Crippen molar-refractivity contribution in [3.63, 3.8) is 0 Å². The molecule has 0 rings (SSSR count). The van der Waals surface area contributed by atoms with Crippen molar-refractivity contribution >= 4 is 17.9 Å². The van der Waals surface area contributed by atoms with Crippen LogP contribution in [0.2, 0.25) is 0 Å². The quantitative estimate of drug-likeness (QED) is 0.0261. The Hall–Kier alpha value is -4.45. The molecule has 0 spiro atoms. The van der Waals surface area contributed by atoms with Gasteiger partial charge in [-0.05, 0) is 135 Å². The molecule has 0 bridgehead atoms. The molecule has 0 saturated carbocycles. The van der Waals surface area contributed by atoms with Crippen LogP contribution in [0.5, 0.6) is 0 Å². The van der Waals surface area contributed by atoms with Crippen LogP contribution < -0.4 is 0 Å². The van der Waals surface area contributed by atoms with E-state index < -0.39 is 6.10 Å². The summed E-state index contributed by atoms with van der Waals surface area (Å²) < 4.78 is 16.9. The van der Waals surface area contributed by atoms with Gasteiger partial charge in [0.05, 0.1) is 0 Å². The van der Waals surface area contributed by atoms with Crippen LogP contribution >= 0.6 is 0 Å². The van der Waals surface area contributed by atoms with E-state index in [1.807, 2.05) is 0 Å². The van der Waals surface area contributed by atoms with Gasteiger partial charge in [-0.15, -0.1) is 0 Å². The number of rotatable bonds is 57. The fraction of sp³-hybridized carbons (Fsp3) is 0.653. The first-order valence-electron chi connectivity index (χ1n) is 32.2. The summed E-state index contributed by atoms with van der Waals surface area (Å²) in [4.78, 5) is 38.4. The average molecular weight is 1080 g/mol. The van der Waals surface area contributed by atoms with E-state index in [1.165, 1.54) is 96.3 Å². The Morgan fingerprint density at radius 3 is 0.782 bits per heavy atom. The molecule has 0 fully saturated rings. The van der Waals surface area contributed by atoms with Crippen LogP contribution in [0.15, 0.2) is 134 Å². The number of allylic oxidation sites excluding steroid dienone is 22. The van der Waals surface area contributed by atoms with Gasteiger partial charge in [0.15, 0.2) is 6.10 Å². The van der Waals surface area contributed by atoms with E-state index in [0.717, 1.165) is 148 Å². The Morgan fingerprint density at radius 1 is 0.269 bits per heavy atom. The summed E-state index contributed by atoms with van der Waals surface area (Å²) in [7, 11) is 0. The largest absolute Gasteiger partial charge is 0.462 e. The van der Waals surface area contributed by atoms with E-state index in [1.54, 1.807) is 0 Å². The van der Waals surface area contributed by atoms with E-state index in [9.17, 15) is 14.4 Å². The molecule has 0 amide bonds. The highest BCUT2D eigenvalue weighted by Crippen LogP contribution is 2.15. The molecule has 442 valence electrons. The number of carbonyl (C=O) groups is 3. The second kappa shape index (κ2) is 65.1. The monoisotopic (exact) mass is 1080 g/mol. The van der Waals surface area contributed by atoms with Crippen molar-refractivity contribution < 1.29 is 28.6 Å². The zero-order valence-electron chi connectivity index (χ0n) is 50.6. The first-order valence-corrected chi connectivity index (χ1v) is 32.2. The summed E-state index contributed by atoms with van der Waals surface area (Å²) in [5.74, 6) is -0.931. The first kappa shape index (κ1) is 73.5. The van der Waals surface area contributed by atoms with E-state index in [2.05, 4.69) is 154 Å². The van der Waals surface area contributed by atoms with Gasteiger partial charge in [0.2, 0.25) is 0 Å². The molecule has 0 aromatic carbocycles. The summed E-state index contributed by atoms with van der Waals surface area (Å²) >= 11 is 0. The minimum absolute atomic E-state index is 0.0960. The number of unbranched alkanes of at least 4 members (excludes halogenated alkanes) is 24. The van der Waals surface area contributed by atoms with Crippen molar-refractivity contribution in [2.45, 2.75) is 290 Å². The maximum atomic E-state index is 12.9.